The highest BCUT2D eigenvalue weighted by molar-refractivity contribution is 5.84. The maximum Gasteiger partial charge on any atom is 0.223 e. The number of nitrogens with one attached hydrogen (secondary N) is 1. The maximum absolute atomic E-state index is 12.8. The zero-order chi connectivity index (χ0) is 22.8. The van der Waals surface area contributed by atoms with E-state index in [1.807, 2.05) is 0 Å². The van der Waals surface area contributed by atoms with Gasteiger partial charge in [-0.15, -0.1) is 0 Å². The van der Waals surface area contributed by atoms with E-state index in [-0.39, 0.29) is 11.8 Å². The van der Waals surface area contributed by atoms with Crippen molar-refractivity contribution in [1.29, 1.82) is 0 Å². The van der Waals surface area contributed by atoms with Gasteiger partial charge in [0, 0.05) is 57.1 Å². The Labute approximate surface area is 197 Å². The molecule has 0 aliphatic carbocycles. The lowest BCUT2D eigenvalue weighted by molar-refractivity contribution is -0.125. The van der Waals surface area contributed by atoms with Crippen LogP contribution in [0, 0.1) is 5.92 Å². The third-order valence-corrected chi connectivity index (χ3v) is 8.08. The van der Waals surface area contributed by atoms with Crippen LogP contribution in [0.3, 0.4) is 0 Å². The van der Waals surface area contributed by atoms with Crippen molar-refractivity contribution in [3.05, 3.63) is 12.2 Å². The summed E-state index contributed by atoms with van der Waals surface area (Å²) in [6.07, 6.45) is 11.9. The van der Waals surface area contributed by atoms with Gasteiger partial charge >= 0.3 is 0 Å². The van der Waals surface area contributed by atoms with Crippen LogP contribution in [0.5, 0.6) is 0 Å². The third kappa shape index (κ3) is 4.72. The molecule has 0 radical (unpaired) electrons. The van der Waals surface area contributed by atoms with E-state index in [9.17, 15) is 4.79 Å². The predicted octanol–water partition coefficient (Wildman–Crippen LogP) is 3.15. The Bertz CT molecular complexity index is 955. The highest BCUT2D eigenvalue weighted by Crippen LogP contribution is 2.29. The zero-order valence-corrected chi connectivity index (χ0v) is 20.3. The number of anilines is 1. The van der Waals surface area contributed by atoms with Gasteiger partial charge in [0.2, 0.25) is 5.91 Å². The summed E-state index contributed by atoms with van der Waals surface area (Å²) in [5, 5.41) is 3.22. The summed E-state index contributed by atoms with van der Waals surface area (Å²) in [5.41, 5.74) is 1.90. The molecule has 2 fully saturated rings. The molecule has 2 aromatic heterocycles. The second kappa shape index (κ2) is 9.95. The quantitative estimate of drug-likeness (QED) is 0.749. The Kier molecular flexibility index (Phi) is 6.81. The number of imidazole rings is 1. The molecule has 0 unspecified atom stereocenters. The van der Waals surface area contributed by atoms with Crippen molar-refractivity contribution in [1.82, 2.24) is 29.7 Å². The standard InChI is InChI=1S/C25H39N7O/c1-18-7-6-8-19(2)31(18)16-12-26-25(33)20-10-14-30(15-11-20)23-22-24(28-17-27-23)32-13-5-3-4-9-21(32)29-22/h17-20H,3-16H2,1-2H3,(H,26,33)/t18-,19-/m1/s1. The van der Waals surface area contributed by atoms with E-state index in [1.165, 1.54) is 38.5 Å². The van der Waals surface area contributed by atoms with Crippen molar-refractivity contribution in [3.63, 3.8) is 0 Å². The molecule has 5 heterocycles. The van der Waals surface area contributed by atoms with Gasteiger partial charge in [0.25, 0.3) is 0 Å². The molecule has 8 heteroatoms. The molecule has 3 aliphatic heterocycles. The number of fused-ring (bicyclic) bond motifs is 3. The van der Waals surface area contributed by atoms with Crippen LogP contribution in [-0.2, 0) is 17.8 Å². The van der Waals surface area contributed by atoms with Crippen LogP contribution < -0.4 is 10.2 Å². The fourth-order valence-corrected chi connectivity index (χ4v) is 6.08. The molecule has 2 aromatic rings. The molecule has 33 heavy (non-hydrogen) atoms. The van der Waals surface area contributed by atoms with Crippen LogP contribution in [0.15, 0.2) is 6.33 Å². The summed E-state index contributed by atoms with van der Waals surface area (Å²) >= 11 is 0. The SMILES string of the molecule is C[C@@H]1CCC[C@@H](C)N1CCNC(=O)C1CCN(c2ncnc3c2nc2n3CCCCC2)CC1. The summed E-state index contributed by atoms with van der Waals surface area (Å²) in [6, 6.07) is 1.24. The summed E-state index contributed by atoms with van der Waals surface area (Å²) in [4.78, 5) is 31.8. The highest BCUT2D eigenvalue weighted by atomic mass is 16.1. The Morgan fingerprint density at radius 1 is 1.00 bits per heavy atom. The van der Waals surface area contributed by atoms with Crippen LogP contribution in [0.4, 0.5) is 5.82 Å². The molecule has 0 bridgehead atoms. The van der Waals surface area contributed by atoms with Crippen molar-refractivity contribution >= 4 is 22.9 Å². The van der Waals surface area contributed by atoms with Gasteiger partial charge in [-0.1, -0.05) is 12.8 Å². The van der Waals surface area contributed by atoms with Crippen LogP contribution in [-0.4, -0.2) is 68.6 Å². The normalized spacial score (nSPS) is 25.1. The van der Waals surface area contributed by atoms with Gasteiger partial charge in [0.05, 0.1) is 0 Å². The monoisotopic (exact) mass is 453 g/mol. The van der Waals surface area contributed by atoms with Crippen molar-refractivity contribution in [3.8, 4) is 0 Å². The lowest BCUT2D eigenvalue weighted by Gasteiger charge is -2.39. The summed E-state index contributed by atoms with van der Waals surface area (Å²) in [6.45, 7) is 9.01. The van der Waals surface area contributed by atoms with Crippen LogP contribution in [0.25, 0.3) is 11.2 Å². The summed E-state index contributed by atoms with van der Waals surface area (Å²) < 4.78 is 2.29. The van der Waals surface area contributed by atoms with Gasteiger partial charge in [-0.2, -0.15) is 0 Å². The zero-order valence-electron chi connectivity index (χ0n) is 20.3. The van der Waals surface area contributed by atoms with E-state index in [0.29, 0.717) is 12.1 Å². The molecular formula is C25H39N7O. The van der Waals surface area contributed by atoms with Gasteiger partial charge < -0.3 is 14.8 Å². The second-order valence-corrected chi connectivity index (χ2v) is 10.3. The van der Waals surface area contributed by atoms with Crippen molar-refractivity contribution in [2.45, 2.75) is 90.3 Å². The Hall–Kier alpha value is -2.22. The van der Waals surface area contributed by atoms with Crippen molar-refractivity contribution in [2.24, 2.45) is 5.92 Å². The molecule has 5 rings (SSSR count). The fraction of sp³-hybridized carbons (Fsp3) is 0.760. The molecular weight excluding hydrogens is 414 g/mol. The lowest BCUT2D eigenvalue weighted by Crippen LogP contribution is -2.48. The topological polar surface area (TPSA) is 79.2 Å². The Morgan fingerprint density at radius 3 is 2.58 bits per heavy atom. The number of likely N-dealkylation sites (tertiary alicyclic amines) is 1. The van der Waals surface area contributed by atoms with Gasteiger partial charge in [0.15, 0.2) is 17.0 Å². The molecule has 1 amide bonds. The number of rotatable bonds is 5. The third-order valence-electron chi connectivity index (χ3n) is 8.08. The number of nitrogens with zero attached hydrogens (tertiary/aromatic N) is 6. The molecule has 0 aromatic carbocycles. The minimum atomic E-state index is 0.0912. The summed E-state index contributed by atoms with van der Waals surface area (Å²) in [7, 11) is 0. The van der Waals surface area contributed by atoms with E-state index >= 15 is 0 Å². The first-order valence-electron chi connectivity index (χ1n) is 13.1. The van der Waals surface area contributed by atoms with E-state index in [4.69, 9.17) is 4.98 Å². The number of piperidine rings is 2. The molecule has 0 spiro atoms. The lowest BCUT2D eigenvalue weighted by atomic mass is 9.95. The first-order valence-corrected chi connectivity index (χ1v) is 13.1. The number of amides is 1. The number of carbonyl (C=O) groups excluding carboxylic acids is 1. The van der Waals surface area contributed by atoms with Crippen molar-refractivity contribution < 1.29 is 4.79 Å². The molecule has 180 valence electrons. The van der Waals surface area contributed by atoms with Crippen LogP contribution in [0.2, 0.25) is 0 Å². The number of hydrogen-bond acceptors (Lipinski definition) is 6. The number of carbonyl (C=O) groups is 1. The van der Waals surface area contributed by atoms with Gasteiger partial charge in [-0.05, 0) is 52.4 Å². The molecule has 0 saturated carbocycles. The number of aromatic nitrogens is 4. The van der Waals surface area contributed by atoms with Gasteiger partial charge in [-0.25, -0.2) is 15.0 Å². The highest BCUT2D eigenvalue weighted by Gasteiger charge is 2.29. The molecule has 3 aliphatic rings. The van der Waals surface area contributed by atoms with Gasteiger partial charge in [-0.3, -0.25) is 9.69 Å². The molecule has 2 atom stereocenters. The minimum absolute atomic E-state index is 0.0912. The number of aryl methyl sites for hydroxylation is 2. The largest absolute Gasteiger partial charge is 0.355 e. The van der Waals surface area contributed by atoms with Crippen LogP contribution >= 0.6 is 0 Å². The maximum atomic E-state index is 12.8. The van der Waals surface area contributed by atoms with E-state index < -0.39 is 0 Å². The van der Waals surface area contributed by atoms with Crippen LogP contribution in [0.1, 0.15) is 71.0 Å². The minimum Gasteiger partial charge on any atom is -0.355 e. The van der Waals surface area contributed by atoms with Gasteiger partial charge in [0.1, 0.15) is 12.2 Å². The fourth-order valence-electron chi connectivity index (χ4n) is 6.08. The summed E-state index contributed by atoms with van der Waals surface area (Å²) in [5.74, 6) is 2.39. The average molecular weight is 454 g/mol. The smallest absolute Gasteiger partial charge is 0.223 e. The Morgan fingerprint density at radius 2 is 1.79 bits per heavy atom. The first-order chi connectivity index (χ1) is 16.1. The number of hydrogen-bond donors (Lipinski definition) is 1. The van der Waals surface area contributed by atoms with E-state index in [1.54, 1.807) is 6.33 Å². The van der Waals surface area contributed by atoms with E-state index in [0.717, 1.165) is 74.8 Å². The first kappa shape index (κ1) is 22.6. The predicted molar refractivity (Wildman–Crippen MR) is 130 cm³/mol. The van der Waals surface area contributed by atoms with Crippen molar-refractivity contribution in [2.75, 3.05) is 31.1 Å². The Balaban J connectivity index is 1.17. The van der Waals surface area contributed by atoms with E-state index in [2.05, 4.69) is 43.5 Å². The molecule has 8 nitrogen and oxygen atoms in total. The second-order valence-electron chi connectivity index (χ2n) is 10.3. The average Bonchev–Trinajstić information content (AvgIpc) is 3.02. The molecule has 1 N–H and O–H groups in total. The molecule has 2 saturated heterocycles.